The van der Waals surface area contributed by atoms with E-state index in [2.05, 4.69) is 20.8 Å². The standard InChI is InChI=1S/C28H59NO3S.NO3/c1-4-7-10-13-16-19-24-29(25-20-17-14-11-8-5-2,26-21-18-15-12-9-6-3)27-22-23-28-33(30,31)32;2-1(3)4/h4-28H2,1-3H3;/q;-1/p+1. The van der Waals surface area contributed by atoms with Crippen LogP contribution in [0, 0.1) is 15.3 Å². The summed E-state index contributed by atoms with van der Waals surface area (Å²) in [5.41, 5.74) is 0. The smallest absolute Gasteiger partial charge is 0.264 e. The molecule has 0 saturated carbocycles. The lowest BCUT2D eigenvalue weighted by atomic mass is 10.1. The van der Waals surface area contributed by atoms with E-state index in [1.165, 1.54) is 140 Å². The van der Waals surface area contributed by atoms with Gasteiger partial charge in [-0.1, -0.05) is 97.8 Å². The van der Waals surface area contributed by atoms with E-state index < -0.39 is 15.2 Å². The molecule has 37 heavy (non-hydrogen) atoms. The lowest BCUT2D eigenvalue weighted by molar-refractivity contribution is -0.929. The minimum atomic E-state index is -3.84. The molecule has 0 fully saturated rings. The predicted octanol–water partition coefficient (Wildman–Crippen LogP) is 8.31. The Hall–Kier alpha value is -0.930. The van der Waals surface area contributed by atoms with Gasteiger partial charge in [0, 0.05) is 0 Å². The molecule has 0 radical (unpaired) electrons. The van der Waals surface area contributed by atoms with Crippen LogP contribution in [0.15, 0.2) is 0 Å². The van der Waals surface area contributed by atoms with E-state index in [1.54, 1.807) is 0 Å². The maximum absolute atomic E-state index is 11.2. The average molecular weight is 553 g/mol. The van der Waals surface area contributed by atoms with Crippen LogP contribution in [0.3, 0.4) is 0 Å². The lowest BCUT2D eigenvalue weighted by Crippen LogP contribution is -2.51. The van der Waals surface area contributed by atoms with E-state index in [4.69, 9.17) is 19.9 Å². The molecule has 224 valence electrons. The Labute approximate surface area is 229 Å². The highest BCUT2D eigenvalue weighted by Gasteiger charge is 2.26. The zero-order valence-electron chi connectivity index (χ0n) is 24.5. The molecule has 0 aromatic heterocycles. The fraction of sp³-hybridized carbons (Fsp3) is 1.00. The van der Waals surface area contributed by atoms with Crippen molar-refractivity contribution in [2.75, 3.05) is 31.9 Å². The maximum atomic E-state index is 11.2. The average Bonchev–Trinajstić information content (AvgIpc) is 2.82. The van der Waals surface area contributed by atoms with Gasteiger partial charge in [-0.3, -0.25) is 4.55 Å². The van der Waals surface area contributed by atoms with Crippen molar-refractivity contribution in [2.45, 2.75) is 149 Å². The van der Waals surface area contributed by atoms with Crippen LogP contribution in [-0.4, -0.2) is 54.5 Å². The van der Waals surface area contributed by atoms with Gasteiger partial charge in [0.05, 0.1) is 37.0 Å². The van der Waals surface area contributed by atoms with Crippen LogP contribution in [0.1, 0.15) is 149 Å². The van der Waals surface area contributed by atoms with Crippen LogP contribution in [-0.2, 0) is 10.1 Å². The third-order valence-electron chi connectivity index (χ3n) is 7.24. The van der Waals surface area contributed by atoms with Crippen LogP contribution in [0.4, 0.5) is 0 Å². The Morgan fingerprint density at radius 2 is 0.784 bits per heavy atom. The Morgan fingerprint density at radius 3 is 1.05 bits per heavy atom. The first-order valence-electron chi connectivity index (χ1n) is 15.2. The van der Waals surface area contributed by atoms with Crippen LogP contribution in [0.25, 0.3) is 0 Å². The number of quaternary nitrogens is 1. The molecule has 0 aromatic carbocycles. The minimum absolute atomic E-state index is 0.0853. The van der Waals surface area contributed by atoms with Gasteiger partial charge in [0.25, 0.3) is 10.1 Å². The molecule has 0 aliphatic rings. The summed E-state index contributed by atoms with van der Waals surface area (Å²) in [6.07, 6.45) is 25.5. The van der Waals surface area contributed by atoms with Crippen molar-refractivity contribution < 1.29 is 22.5 Å². The number of nitrogens with zero attached hydrogens (tertiary/aromatic N) is 2. The monoisotopic (exact) mass is 552 g/mol. The number of hydrogen-bond donors (Lipinski definition) is 1. The molecule has 0 aromatic rings. The summed E-state index contributed by atoms with van der Waals surface area (Å²) in [7, 11) is -3.84. The molecular formula is C28H60N2O6S. The van der Waals surface area contributed by atoms with Crippen molar-refractivity contribution in [1.29, 1.82) is 0 Å². The fourth-order valence-electron chi connectivity index (χ4n) is 5.09. The normalized spacial score (nSPS) is 11.8. The van der Waals surface area contributed by atoms with E-state index in [-0.39, 0.29) is 5.75 Å². The van der Waals surface area contributed by atoms with E-state index in [0.717, 1.165) is 13.0 Å². The number of rotatable bonds is 26. The highest BCUT2D eigenvalue weighted by Crippen LogP contribution is 2.20. The molecule has 0 rings (SSSR count). The minimum Gasteiger partial charge on any atom is -0.356 e. The molecule has 0 unspecified atom stereocenters. The second kappa shape index (κ2) is 26.7. The van der Waals surface area contributed by atoms with E-state index in [0.29, 0.717) is 6.42 Å². The maximum Gasteiger partial charge on any atom is 0.264 e. The fourth-order valence-corrected chi connectivity index (χ4v) is 5.65. The van der Waals surface area contributed by atoms with Crippen molar-refractivity contribution in [3.05, 3.63) is 15.3 Å². The zero-order valence-corrected chi connectivity index (χ0v) is 25.3. The molecule has 9 heteroatoms. The van der Waals surface area contributed by atoms with Gasteiger partial charge in [0.15, 0.2) is 0 Å². The van der Waals surface area contributed by atoms with Gasteiger partial charge in [-0.15, -0.1) is 0 Å². The summed E-state index contributed by atoms with van der Waals surface area (Å²) in [6.45, 7) is 11.7. The van der Waals surface area contributed by atoms with Crippen molar-refractivity contribution >= 4 is 10.1 Å². The summed E-state index contributed by atoms with van der Waals surface area (Å²) < 4.78 is 32.7. The molecule has 0 aliphatic carbocycles. The van der Waals surface area contributed by atoms with E-state index >= 15 is 0 Å². The van der Waals surface area contributed by atoms with Crippen molar-refractivity contribution in [1.82, 2.24) is 0 Å². The molecular weight excluding hydrogens is 492 g/mol. The first-order valence-corrected chi connectivity index (χ1v) is 16.8. The highest BCUT2D eigenvalue weighted by atomic mass is 32.2. The predicted molar refractivity (Wildman–Crippen MR) is 156 cm³/mol. The Kier molecular flexibility index (Phi) is 27.5. The molecule has 1 N–H and O–H groups in total. The summed E-state index contributed by atoms with van der Waals surface area (Å²) in [4.78, 5) is 8.25. The first-order chi connectivity index (χ1) is 17.6. The lowest BCUT2D eigenvalue weighted by Gasteiger charge is -2.39. The molecule has 0 spiro atoms. The molecule has 0 saturated heterocycles. The van der Waals surface area contributed by atoms with Crippen molar-refractivity contribution in [3.63, 3.8) is 0 Å². The number of hydrogen-bond acceptors (Lipinski definition) is 5. The third-order valence-corrected chi connectivity index (χ3v) is 8.05. The van der Waals surface area contributed by atoms with Gasteiger partial charge in [-0.25, -0.2) is 0 Å². The Morgan fingerprint density at radius 1 is 0.541 bits per heavy atom. The topological polar surface area (TPSA) is 121 Å². The van der Waals surface area contributed by atoms with Gasteiger partial charge < -0.3 is 19.8 Å². The van der Waals surface area contributed by atoms with Gasteiger partial charge in [-0.05, 0) is 51.4 Å². The molecule has 0 amide bonds. The molecule has 0 atom stereocenters. The molecule has 8 nitrogen and oxygen atoms in total. The van der Waals surface area contributed by atoms with Gasteiger partial charge in [-0.2, -0.15) is 8.42 Å². The largest absolute Gasteiger partial charge is 0.356 e. The second-order valence-electron chi connectivity index (χ2n) is 10.8. The SMILES string of the molecule is CCCCCCCC[N+](CCCCCCCC)(CCCCCCCC)CCCCS(=O)(=O)O.O=[N+]([O-])[O-]. The van der Waals surface area contributed by atoms with Crippen molar-refractivity contribution in [3.8, 4) is 0 Å². The van der Waals surface area contributed by atoms with Gasteiger partial charge in [0.2, 0.25) is 0 Å². The Bertz CT molecular complexity index is 557. The first kappa shape index (κ1) is 38.2. The van der Waals surface area contributed by atoms with Crippen LogP contribution < -0.4 is 0 Å². The quantitative estimate of drug-likeness (QED) is 0.0378. The Balaban J connectivity index is 0. The zero-order chi connectivity index (χ0) is 28.3. The highest BCUT2D eigenvalue weighted by molar-refractivity contribution is 7.85. The van der Waals surface area contributed by atoms with Gasteiger partial charge >= 0.3 is 0 Å². The number of unbranched alkanes of at least 4 members (excludes halogenated alkanes) is 16. The summed E-state index contributed by atoms with van der Waals surface area (Å²) in [5.74, 6) is -0.0853. The van der Waals surface area contributed by atoms with E-state index in [9.17, 15) is 8.42 Å². The second-order valence-corrected chi connectivity index (χ2v) is 12.3. The summed E-state index contributed by atoms with van der Waals surface area (Å²) in [5, 5.41) is 14.8. The van der Waals surface area contributed by atoms with Crippen LogP contribution in [0.5, 0.6) is 0 Å². The van der Waals surface area contributed by atoms with E-state index in [1.807, 2.05) is 0 Å². The summed E-state index contributed by atoms with van der Waals surface area (Å²) in [6, 6.07) is 0. The molecule has 0 bridgehead atoms. The van der Waals surface area contributed by atoms with Crippen molar-refractivity contribution in [2.24, 2.45) is 0 Å². The van der Waals surface area contributed by atoms with Crippen LogP contribution in [0.2, 0.25) is 0 Å². The van der Waals surface area contributed by atoms with Gasteiger partial charge in [0.1, 0.15) is 0 Å². The molecule has 0 heterocycles. The third kappa shape index (κ3) is 31.2. The molecule has 0 aliphatic heterocycles. The summed E-state index contributed by atoms with van der Waals surface area (Å²) >= 11 is 0. The van der Waals surface area contributed by atoms with Crippen LogP contribution >= 0.6 is 0 Å².